The maximum Gasteiger partial charge on any atom is 0.131 e. The van der Waals surface area contributed by atoms with Gasteiger partial charge in [-0.05, 0) is 87.9 Å². The van der Waals surface area contributed by atoms with Crippen molar-refractivity contribution in [2.45, 2.75) is 76.7 Å². The molecule has 1 N–H and O–H groups in total. The Labute approximate surface area is 135 Å². The fourth-order valence-electron chi connectivity index (χ4n) is 7.08. The number of rotatable bonds is 1. The second-order valence-electron chi connectivity index (χ2n) is 8.38. The molecule has 4 aliphatic carbocycles. The molecule has 0 heterocycles. The third kappa shape index (κ3) is 1.77. The van der Waals surface area contributed by atoms with E-state index in [2.05, 4.69) is 18.9 Å². The molecule has 1 heteroatoms. The normalized spacial score (nSPS) is 50.3. The smallest absolute Gasteiger partial charge is 0.131 e. The summed E-state index contributed by atoms with van der Waals surface area (Å²) in [5.74, 6) is 6.05. The van der Waals surface area contributed by atoms with Gasteiger partial charge in [0.2, 0.25) is 0 Å². The molecule has 0 amide bonds. The highest BCUT2D eigenvalue weighted by molar-refractivity contribution is 5.26. The monoisotopic (exact) mass is 298 g/mol. The number of hydrogen-bond donors (Lipinski definition) is 1. The van der Waals surface area contributed by atoms with Crippen LogP contribution < -0.4 is 0 Å². The van der Waals surface area contributed by atoms with E-state index in [4.69, 9.17) is 6.42 Å². The summed E-state index contributed by atoms with van der Waals surface area (Å²) < 4.78 is 0. The SMILES string of the molecule is C#C[C@@]1(O)CC[C@@H]2[C@@H]3CCC4=CCCC[C@@H]4[C@H]3CC[C@]21CC. The van der Waals surface area contributed by atoms with Gasteiger partial charge in [-0.25, -0.2) is 0 Å². The molecule has 0 bridgehead atoms. The van der Waals surface area contributed by atoms with Gasteiger partial charge in [-0.3, -0.25) is 0 Å². The Morgan fingerprint density at radius 2 is 2.09 bits per heavy atom. The largest absolute Gasteiger partial charge is 0.377 e. The van der Waals surface area contributed by atoms with Crippen LogP contribution >= 0.6 is 0 Å². The van der Waals surface area contributed by atoms with Gasteiger partial charge in [0, 0.05) is 5.41 Å². The molecule has 0 aromatic carbocycles. The van der Waals surface area contributed by atoms with Gasteiger partial charge in [-0.1, -0.05) is 24.5 Å². The first-order valence-corrected chi connectivity index (χ1v) is 9.54. The highest BCUT2D eigenvalue weighted by atomic mass is 16.3. The zero-order valence-electron chi connectivity index (χ0n) is 14.0. The summed E-state index contributed by atoms with van der Waals surface area (Å²) >= 11 is 0. The summed E-state index contributed by atoms with van der Waals surface area (Å²) in [6.07, 6.45) is 20.6. The molecule has 0 aliphatic heterocycles. The third-order valence-corrected chi connectivity index (χ3v) is 8.10. The van der Waals surface area contributed by atoms with Crippen LogP contribution in [0.4, 0.5) is 0 Å². The van der Waals surface area contributed by atoms with E-state index in [-0.39, 0.29) is 5.41 Å². The first-order valence-electron chi connectivity index (χ1n) is 9.54. The summed E-state index contributed by atoms with van der Waals surface area (Å²) in [5, 5.41) is 11.1. The summed E-state index contributed by atoms with van der Waals surface area (Å²) in [5.41, 5.74) is 0.959. The minimum absolute atomic E-state index is 0.0127. The van der Waals surface area contributed by atoms with Crippen LogP contribution in [0.15, 0.2) is 11.6 Å². The van der Waals surface area contributed by atoms with Crippen molar-refractivity contribution in [3.8, 4) is 12.3 Å². The lowest BCUT2D eigenvalue weighted by Crippen LogP contribution is -2.53. The number of allylic oxidation sites excluding steroid dienone is 2. The topological polar surface area (TPSA) is 20.2 Å². The minimum atomic E-state index is -0.833. The van der Waals surface area contributed by atoms with E-state index in [9.17, 15) is 5.11 Å². The maximum absolute atomic E-state index is 11.1. The van der Waals surface area contributed by atoms with Gasteiger partial charge < -0.3 is 5.11 Å². The second kappa shape index (κ2) is 5.13. The lowest BCUT2D eigenvalue weighted by molar-refractivity contribution is -0.0993. The van der Waals surface area contributed by atoms with Crippen LogP contribution in [0.1, 0.15) is 71.1 Å². The van der Waals surface area contributed by atoms with Gasteiger partial charge in [0.25, 0.3) is 0 Å². The van der Waals surface area contributed by atoms with Crippen LogP contribution in [0.5, 0.6) is 0 Å². The molecule has 0 unspecified atom stereocenters. The van der Waals surface area contributed by atoms with Crippen molar-refractivity contribution >= 4 is 0 Å². The molecule has 4 rings (SSSR count). The minimum Gasteiger partial charge on any atom is -0.377 e. The number of terminal acetylenes is 1. The zero-order valence-corrected chi connectivity index (χ0v) is 14.0. The first kappa shape index (κ1) is 14.8. The standard InChI is InChI=1S/C21H30O/c1-3-20-13-11-17-16-8-6-5-7-15(16)9-10-18(17)19(20)12-14-21(20,22)4-2/h2,7,16-19,22H,3,5-6,8-14H2,1H3/t16-,17+,18+,19+,20+,21+/m0/s1. The molecule has 0 saturated heterocycles. The van der Waals surface area contributed by atoms with Crippen molar-refractivity contribution in [2.75, 3.05) is 0 Å². The third-order valence-electron chi connectivity index (χ3n) is 8.10. The van der Waals surface area contributed by atoms with Gasteiger partial charge in [0.05, 0.1) is 0 Å². The zero-order chi connectivity index (χ0) is 15.4. The molecular formula is C21H30O. The Morgan fingerprint density at radius 3 is 2.86 bits per heavy atom. The van der Waals surface area contributed by atoms with Gasteiger partial charge in [0.15, 0.2) is 0 Å². The average Bonchev–Trinajstić information content (AvgIpc) is 2.89. The predicted octanol–water partition coefficient (Wildman–Crippen LogP) is 4.70. The van der Waals surface area contributed by atoms with Crippen LogP contribution in [-0.4, -0.2) is 10.7 Å². The molecule has 0 spiro atoms. The molecule has 3 fully saturated rings. The van der Waals surface area contributed by atoms with E-state index in [1.807, 2.05) is 0 Å². The Kier molecular flexibility index (Phi) is 3.46. The highest BCUT2D eigenvalue weighted by Crippen LogP contribution is 2.66. The molecule has 22 heavy (non-hydrogen) atoms. The van der Waals surface area contributed by atoms with Crippen molar-refractivity contribution in [3.05, 3.63) is 11.6 Å². The molecule has 0 radical (unpaired) electrons. The Hall–Kier alpha value is -0.740. The number of aliphatic hydroxyl groups is 1. The second-order valence-corrected chi connectivity index (χ2v) is 8.38. The summed E-state index contributed by atoms with van der Waals surface area (Å²) in [4.78, 5) is 0. The molecule has 0 aromatic heterocycles. The fourth-order valence-corrected chi connectivity index (χ4v) is 7.08. The number of fused-ring (bicyclic) bond motifs is 5. The van der Waals surface area contributed by atoms with Crippen LogP contribution in [0.25, 0.3) is 0 Å². The van der Waals surface area contributed by atoms with E-state index in [0.717, 1.165) is 43.4 Å². The fraction of sp³-hybridized carbons (Fsp3) is 0.810. The van der Waals surface area contributed by atoms with Gasteiger partial charge >= 0.3 is 0 Å². The maximum atomic E-state index is 11.1. The van der Waals surface area contributed by atoms with E-state index in [1.54, 1.807) is 5.57 Å². The van der Waals surface area contributed by atoms with Crippen molar-refractivity contribution < 1.29 is 5.11 Å². The van der Waals surface area contributed by atoms with Gasteiger partial charge in [-0.15, -0.1) is 6.42 Å². The van der Waals surface area contributed by atoms with E-state index < -0.39 is 5.60 Å². The molecule has 1 nitrogen and oxygen atoms in total. The molecule has 4 aliphatic rings. The van der Waals surface area contributed by atoms with Crippen LogP contribution in [0, 0.1) is 41.4 Å². The van der Waals surface area contributed by atoms with E-state index in [0.29, 0.717) is 5.92 Å². The molecule has 6 atom stereocenters. The van der Waals surface area contributed by atoms with Crippen molar-refractivity contribution in [1.82, 2.24) is 0 Å². The quantitative estimate of drug-likeness (QED) is 0.549. The Morgan fingerprint density at radius 1 is 1.23 bits per heavy atom. The Bertz CT molecular complexity index is 527. The molecule has 3 saturated carbocycles. The first-order chi connectivity index (χ1) is 10.6. The Balaban J connectivity index is 1.68. The average molecular weight is 298 g/mol. The summed E-state index contributed by atoms with van der Waals surface area (Å²) in [6.45, 7) is 2.26. The highest BCUT2D eigenvalue weighted by Gasteiger charge is 2.63. The molecule has 0 aromatic rings. The molecular weight excluding hydrogens is 268 g/mol. The lowest BCUT2D eigenvalue weighted by atomic mass is 9.49. The summed E-state index contributed by atoms with van der Waals surface area (Å²) in [6, 6.07) is 0. The van der Waals surface area contributed by atoms with Crippen LogP contribution in [0.2, 0.25) is 0 Å². The van der Waals surface area contributed by atoms with Crippen molar-refractivity contribution in [3.63, 3.8) is 0 Å². The van der Waals surface area contributed by atoms with Crippen LogP contribution in [0.3, 0.4) is 0 Å². The van der Waals surface area contributed by atoms with E-state index in [1.165, 1.54) is 38.5 Å². The predicted molar refractivity (Wildman–Crippen MR) is 90.1 cm³/mol. The van der Waals surface area contributed by atoms with Crippen molar-refractivity contribution in [1.29, 1.82) is 0 Å². The van der Waals surface area contributed by atoms with Gasteiger partial charge in [0.1, 0.15) is 5.60 Å². The number of hydrogen-bond acceptors (Lipinski definition) is 1. The van der Waals surface area contributed by atoms with Crippen molar-refractivity contribution in [2.24, 2.45) is 29.1 Å². The van der Waals surface area contributed by atoms with Crippen LogP contribution in [-0.2, 0) is 0 Å². The van der Waals surface area contributed by atoms with E-state index >= 15 is 0 Å². The summed E-state index contributed by atoms with van der Waals surface area (Å²) in [7, 11) is 0. The lowest BCUT2D eigenvalue weighted by Gasteiger charge is -2.56. The molecule has 120 valence electrons. The van der Waals surface area contributed by atoms with Gasteiger partial charge in [-0.2, -0.15) is 0 Å².